The molecule has 62 valence electrons. The van der Waals surface area contributed by atoms with Crippen LogP contribution in [-0.2, 0) is 4.79 Å². The van der Waals surface area contributed by atoms with Crippen LogP contribution in [0.1, 0.15) is 0 Å². The van der Waals surface area contributed by atoms with Crippen LogP contribution in [0.4, 0.5) is 0 Å². The van der Waals surface area contributed by atoms with Crippen molar-refractivity contribution in [2.45, 2.75) is 6.04 Å². The number of hydrogen-bond acceptors (Lipinski definition) is 3. The normalized spacial score (nSPS) is 17.1. The van der Waals surface area contributed by atoms with Crippen LogP contribution in [-0.4, -0.2) is 23.4 Å². The second kappa shape index (κ2) is 3.58. The molecular weight excluding hydrogens is 154 g/mol. The van der Waals surface area contributed by atoms with Crippen LogP contribution in [0, 0.1) is 11.3 Å². The summed E-state index contributed by atoms with van der Waals surface area (Å²) in [4.78, 5) is 12.3. The average Bonchev–Trinajstić information content (AvgIpc) is 2.07. The zero-order chi connectivity index (χ0) is 8.97. The molecule has 1 rings (SSSR count). The Balaban J connectivity index is 2.69. The SMILES string of the molecule is N#CC(C(N)=O)N1C=CC=CC1. The van der Waals surface area contributed by atoms with Crippen LogP contribution in [0.15, 0.2) is 24.4 Å². The molecule has 4 heteroatoms. The largest absolute Gasteiger partial charge is 0.367 e. The van der Waals surface area contributed by atoms with E-state index in [0.717, 1.165) is 0 Å². The maximum absolute atomic E-state index is 10.7. The van der Waals surface area contributed by atoms with Gasteiger partial charge in [0.05, 0.1) is 6.07 Å². The minimum atomic E-state index is -0.855. The Kier molecular flexibility index (Phi) is 2.49. The van der Waals surface area contributed by atoms with Crippen molar-refractivity contribution in [2.75, 3.05) is 6.54 Å². The molecule has 0 aromatic carbocycles. The van der Waals surface area contributed by atoms with Crippen LogP contribution < -0.4 is 5.73 Å². The molecule has 4 nitrogen and oxygen atoms in total. The molecule has 0 saturated heterocycles. The molecule has 1 heterocycles. The Morgan fingerprint density at radius 3 is 2.83 bits per heavy atom. The van der Waals surface area contributed by atoms with Crippen molar-refractivity contribution < 1.29 is 4.79 Å². The van der Waals surface area contributed by atoms with E-state index >= 15 is 0 Å². The van der Waals surface area contributed by atoms with Crippen molar-refractivity contribution in [3.05, 3.63) is 24.4 Å². The van der Waals surface area contributed by atoms with Gasteiger partial charge in [-0.2, -0.15) is 5.26 Å². The molecule has 0 aromatic heterocycles. The number of nitrogens with two attached hydrogens (primary N) is 1. The lowest BCUT2D eigenvalue weighted by Crippen LogP contribution is -2.41. The lowest BCUT2D eigenvalue weighted by Gasteiger charge is -2.22. The number of nitriles is 1. The first kappa shape index (κ1) is 8.34. The molecule has 1 atom stereocenters. The number of carbonyl (C=O) groups is 1. The summed E-state index contributed by atoms with van der Waals surface area (Å²) >= 11 is 0. The van der Waals surface area contributed by atoms with Gasteiger partial charge in [-0.05, 0) is 6.08 Å². The van der Waals surface area contributed by atoms with E-state index in [1.165, 1.54) is 0 Å². The number of amides is 1. The summed E-state index contributed by atoms with van der Waals surface area (Å²) in [5, 5.41) is 8.60. The molecule has 0 fully saturated rings. The summed E-state index contributed by atoms with van der Waals surface area (Å²) in [5.74, 6) is -0.613. The highest BCUT2D eigenvalue weighted by Gasteiger charge is 2.19. The standard InChI is InChI=1S/C8H9N3O/c9-6-7(8(10)12)11-4-2-1-3-5-11/h1-4,7H,5H2,(H2,10,12). The van der Waals surface area contributed by atoms with Crippen LogP contribution >= 0.6 is 0 Å². The Morgan fingerprint density at radius 1 is 1.67 bits per heavy atom. The van der Waals surface area contributed by atoms with Gasteiger partial charge < -0.3 is 10.6 Å². The summed E-state index contributed by atoms with van der Waals surface area (Å²) in [6.07, 6.45) is 7.15. The topological polar surface area (TPSA) is 70.1 Å². The third-order valence-corrected chi connectivity index (χ3v) is 1.56. The van der Waals surface area contributed by atoms with Gasteiger partial charge in [0.1, 0.15) is 0 Å². The zero-order valence-electron chi connectivity index (χ0n) is 6.47. The van der Waals surface area contributed by atoms with Gasteiger partial charge in [0.2, 0.25) is 0 Å². The minimum absolute atomic E-state index is 0.553. The molecule has 0 aliphatic carbocycles. The summed E-state index contributed by atoms with van der Waals surface area (Å²) in [7, 11) is 0. The fourth-order valence-corrected chi connectivity index (χ4v) is 0.975. The first-order chi connectivity index (χ1) is 5.75. The summed E-state index contributed by atoms with van der Waals surface area (Å²) in [5.41, 5.74) is 5.02. The molecule has 0 aromatic rings. The van der Waals surface area contributed by atoms with Gasteiger partial charge in [0.25, 0.3) is 5.91 Å². The van der Waals surface area contributed by atoms with Crippen molar-refractivity contribution in [2.24, 2.45) is 5.73 Å². The fraction of sp³-hybridized carbons (Fsp3) is 0.250. The van der Waals surface area contributed by atoms with E-state index in [0.29, 0.717) is 6.54 Å². The molecule has 1 unspecified atom stereocenters. The van der Waals surface area contributed by atoms with E-state index in [4.69, 9.17) is 11.0 Å². The molecular formula is C8H9N3O. The molecule has 2 N–H and O–H groups in total. The van der Waals surface area contributed by atoms with Crippen molar-refractivity contribution in [3.63, 3.8) is 0 Å². The van der Waals surface area contributed by atoms with Gasteiger partial charge in [0, 0.05) is 12.7 Å². The third-order valence-electron chi connectivity index (χ3n) is 1.56. The lowest BCUT2D eigenvalue weighted by atomic mass is 10.2. The second-order valence-electron chi connectivity index (χ2n) is 2.40. The van der Waals surface area contributed by atoms with Crippen LogP contribution in [0.3, 0.4) is 0 Å². The van der Waals surface area contributed by atoms with Crippen molar-refractivity contribution in [1.29, 1.82) is 5.26 Å². The Morgan fingerprint density at radius 2 is 2.42 bits per heavy atom. The Labute approximate surface area is 70.6 Å². The molecule has 1 aliphatic heterocycles. The molecule has 0 spiro atoms. The Bertz CT molecular complexity index is 275. The highest BCUT2D eigenvalue weighted by Crippen LogP contribution is 2.03. The van der Waals surface area contributed by atoms with Gasteiger partial charge in [0.15, 0.2) is 6.04 Å². The first-order valence-electron chi connectivity index (χ1n) is 3.53. The van der Waals surface area contributed by atoms with E-state index in [1.807, 2.05) is 18.2 Å². The van der Waals surface area contributed by atoms with E-state index in [-0.39, 0.29) is 0 Å². The van der Waals surface area contributed by atoms with Crippen LogP contribution in [0.25, 0.3) is 0 Å². The smallest absolute Gasteiger partial charge is 0.254 e. The third kappa shape index (κ3) is 1.64. The Hall–Kier alpha value is -1.76. The van der Waals surface area contributed by atoms with Gasteiger partial charge >= 0.3 is 0 Å². The maximum Gasteiger partial charge on any atom is 0.254 e. The van der Waals surface area contributed by atoms with E-state index < -0.39 is 11.9 Å². The number of allylic oxidation sites excluding steroid dienone is 2. The molecule has 12 heavy (non-hydrogen) atoms. The van der Waals surface area contributed by atoms with Crippen LogP contribution in [0.5, 0.6) is 0 Å². The molecule has 0 bridgehead atoms. The predicted octanol–water partition coefficient (Wildman–Crippen LogP) is -0.251. The van der Waals surface area contributed by atoms with Crippen molar-refractivity contribution in [3.8, 4) is 6.07 Å². The summed E-state index contributed by atoms with van der Waals surface area (Å²) < 4.78 is 0. The zero-order valence-corrected chi connectivity index (χ0v) is 6.47. The van der Waals surface area contributed by atoms with Gasteiger partial charge in [-0.1, -0.05) is 12.2 Å². The van der Waals surface area contributed by atoms with Crippen molar-refractivity contribution >= 4 is 5.91 Å². The molecule has 1 aliphatic rings. The van der Waals surface area contributed by atoms with E-state index in [9.17, 15) is 4.79 Å². The number of carbonyl (C=O) groups excluding carboxylic acids is 1. The van der Waals surface area contributed by atoms with Gasteiger partial charge in [-0.3, -0.25) is 4.79 Å². The van der Waals surface area contributed by atoms with Crippen LogP contribution in [0.2, 0.25) is 0 Å². The quantitative estimate of drug-likeness (QED) is 0.610. The second-order valence-corrected chi connectivity index (χ2v) is 2.40. The minimum Gasteiger partial charge on any atom is -0.367 e. The highest BCUT2D eigenvalue weighted by atomic mass is 16.1. The van der Waals surface area contributed by atoms with E-state index in [1.54, 1.807) is 17.2 Å². The number of primary amides is 1. The maximum atomic E-state index is 10.7. The lowest BCUT2D eigenvalue weighted by molar-refractivity contribution is -0.120. The summed E-state index contributed by atoms with van der Waals surface area (Å²) in [6, 6.07) is 0.982. The van der Waals surface area contributed by atoms with Gasteiger partial charge in [-0.25, -0.2) is 0 Å². The molecule has 0 radical (unpaired) electrons. The highest BCUT2D eigenvalue weighted by molar-refractivity contribution is 5.82. The molecule has 0 saturated carbocycles. The number of hydrogen-bond donors (Lipinski definition) is 1. The van der Waals surface area contributed by atoms with E-state index in [2.05, 4.69) is 0 Å². The summed E-state index contributed by atoms with van der Waals surface area (Å²) in [6.45, 7) is 0.553. The average molecular weight is 163 g/mol. The predicted molar refractivity (Wildman–Crippen MR) is 43.6 cm³/mol. The fourth-order valence-electron chi connectivity index (χ4n) is 0.975. The number of rotatable bonds is 2. The van der Waals surface area contributed by atoms with Crippen molar-refractivity contribution in [1.82, 2.24) is 4.90 Å². The number of nitrogens with zero attached hydrogens (tertiary/aromatic N) is 2. The van der Waals surface area contributed by atoms with Gasteiger partial charge in [-0.15, -0.1) is 0 Å². The first-order valence-corrected chi connectivity index (χ1v) is 3.53. The monoisotopic (exact) mass is 163 g/mol. The molecule has 1 amide bonds.